The molecule has 8 fully saturated rings. The number of hydrogen-bond acceptors (Lipinski definition) is 12. The molecule has 8 saturated heterocycles. The maximum atomic E-state index is 15.8. The summed E-state index contributed by atoms with van der Waals surface area (Å²) in [5.74, 6) is -4.30. The van der Waals surface area contributed by atoms with E-state index in [1.54, 1.807) is 19.9 Å². The number of amides is 4. The number of nitrogens with zero attached hydrogens (tertiary/aromatic N) is 4. The predicted octanol–water partition coefficient (Wildman–Crippen LogP) is 2.35. The SMILES string of the molecule is CC(=O)O[C@H]1[C@]2([C@@]34c5cc(F)ccc5C[C@@H]3N3C(=O)[C@]5(C)SS[C@]3(C(=O)N5C)[C@H]4O)c3cc(F)ccc3N[C@@H]2N2C(=O)[C@]3(C)SS[C@]12C(=O)N3C. The summed E-state index contributed by atoms with van der Waals surface area (Å²) in [6, 6.07) is 6.86. The van der Waals surface area contributed by atoms with E-state index in [2.05, 4.69) is 5.32 Å². The van der Waals surface area contributed by atoms with Crippen LogP contribution in [0.1, 0.15) is 37.5 Å². The van der Waals surface area contributed by atoms with Crippen molar-refractivity contribution in [3.8, 4) is 0 Å². The first-order chi connectivity index (χ1) is 24.0. The Morgan fingerprint density at radius 3 is 2.04 bits per heavy atom. The van der Waals surface area contributed by atoms with Crippen molar-refractivity contribution in [1.29, 1.82) is 0 Å². The summed E-state index contributed by atoms with van der Waals surface area (Å²) in [5, 5.41) is 16.8. The summed E-state index contributed by atoms with van der Waals surface area (Å²) < 4.78 is 37.9. The van der Waals surface area contributed by atoms with Crippen LogP contribution in [0, 0.1) is 11.6 Å². The van der Waals surface area contributed by atoms with Crippen molar-refractivity contribution < 1.29 is 42.6 Å². The Morgan fingerprint density at radius 2 is 1.39 bits per heavy atom. The predicted molar refractivity (Wildman–Crippen MR) is 184 cm³/mol. The number of halogens is 2. The molecule has 266 valence electrons. The van der Waals surface area contributed by atoms with E-state index >= 15 is 8.78 Å². The van der Waals surface area contributed by atoms with Crippen LogP contribution in [0.25, 0.3) is 0 Å². The highest BCUT2D eigenvalue weighted by atomic mass is 33.1. The number of fused-ring (bicyclic) bond motifs is 11. The minimum atomic E-state index is -2.00. The molecule has 4 bridgehead atoms. The van der Waals surface area contributed by atoms with Crippen molar-refractivity contribution in [1.82, 2.24) is 19.6 Å². The molecule has 2 N–H and O–H groups in total. The molecule has 0 saturated carbocycles. The summed E-state index contributed by atoms with van der Waals surface area (Å²) in [6.07, 6.45) is -4.78. The molecule has 12 nitrogen and oxygen atoms in total. The van der Waals surface area contributed by atoms with Gasteiger partial charge < -0.3 is 29.9 Å². The smallest absolute Gasteiger partial charge is 0.303 e. The Hall–Kier alpha value is -3.19. The molecule has 12 rings (SSSR count). The van der Waals surface area contributed by atoms with Gasteiger partial charge in [-0.15, -0.1) is 0 Å². The number of rotatable bonds is 2. The Bertz CT molecular complexity index is 2130. The van der Waals surface area contributed by atoms with Crippen LogP contribution in [0.15, 0.2) is 36.4 Å². The van der Waals surface area contributed by atoms with E-state index < -0.39 is 96.0 Å². The minimum Gasteiger partial charge on any atom is -0.457 e. The lowest BCUT2D eigenvalue weighted by Gasteiger charge is -2.58. The van der Waals surface area contributed by atoms with Crippen LogP contribution in [0.5, 0.6) is 0 Å². The number of esters is 1. The third-order valence-corrected chi connectivity index (χ3v) is 20.2. The molecule has 2 aromatic rings. The van der Waals surface area contributed by atoms with E-state index in [9.17, 15) is 29.1 Å². The van der Waals surface area contributed by atoms with Gasteiger partial charge in [0.05, 0.1) is 16.9 Å². The van der Waals surface area contributed by atoms with Crippen LogP contribution < -0.4 is 5.32 Å². The molecule has 10 atom stereocenters. The first kappa shape index (κ1) is 32.5. The van der Waals surface area contributed by atoms with Gasteiger partial charge in [-0.2, -0.15) is 0 Å². The number of anilines is 1. The molecule has 0 radical (unpaired) electrons. The van der Waals surface area contributed by atoms with Gasteiger partial charge in [-0.3, -0.25) is 28.9 Å². The van der Waals surface area contributed by atoms with E-state index in [1.165, 1.54) is 64.0 Å². The topological polar surface area (TPSA) is 140 Å². The van der Waals surface area contributed by atoms with Crippen molar-refractivity contribution in [3.63, 3.8) is 0 Å². The molecule has 0 unspecified atom stereocenters. The third-order valence-electron chi connectivity index (χ3n) is 12.8. The Morgan fingerprint density at radius 1 is 0.824 bits per heavy atom. The molecule has 51 heavy (non-hydrogen) atoms. The third kappa shape index (κ3) is 2.97. The summed E-state index contributed by atoms with van der Waals surface area (Å²) in [5.41, 5.74) is -2.73. The number of aliphatic hydroxyl groups excluding tert-OH is 1. The summed E-state index contributed by atoms with van der Waals surface area (Å²) in [6.45, 7) is 4.39. The highest BCUT2D eigenvalue weighted by Gasteiger charge is 2.93. The molecule has 0 aromatic heterocycles. The minimum absolute atomic E-state index is 0.0405. The largest absolute Gasteiger partial charge is 0.457 e. The van der Waals surface area contributed by atoms with Gasteiger partial charge in [0.2, 0.25) is 9.74 Å². The van der Waals surface area contributed by atoms with E-state index in [4.69, 9.17) is 4.74 Å². The second-order valence-electron chi connectivity index (χ2n) is 14.7. The number of hydrogen-bond donors (Lipinski definition) is 2. The van der Waals surface area contributed by atoms with Crippen LogP contribution in [0.4, 0.5) is 14.5 Å². The monoisotopic (exact) mass is 773 g/mol. The van der Waals surface area contributed by atoms with Gasteiger partial charge in [0.15, 0.2) is 15.8 Å². The number of carbonyl (C=O) groups is 5. The van der Waals surface area contributed by atoms with Crippen molar-refractivity contribution in [2.45, 2.75) is 81.9 Å². The lowest BCUT2D eigenvalue weighted by atomic mass is 9.51. The Kier molecular flexibility index (Phi) is 5.92. The molecule has 9 heterocycles. The fraction of sp³-hybridized carbons (Fsp3) is 0.485. The zero-order valence-corrected chi connectivity index (χ0v) is 30.8. The van der Waals surface area contributed by atoms with E-state index in [0.717, 1.165) is 50.1 Å². The fourth-order valence-electron chi connectivity index (χ4n) is 10.6. The maximum absolute atomic E-state index is 15.8. The molecule has 18 heteroatoms. The van der Waals surface area contributed by atoms with Crippen molar-refractivity contribution >= 4 is 78.5 Å². The van der Waals surface area contributed by atoms with Gasteiger partial charge in [-0.05, 0) is 88.9 Å². The van der Waals surface area contributed by atoms with Gasteiger partial charge in [-0.25, -0.2) is 8.78 Å². The van der Waals surface area contributed by atoms with Gasteiger partial charge in [0, 0.05) is 26.7 Å². The van der Waals surface area contributed by atoms with E-state index in [1.807, 2.05) is 0 Å². The first-order valence-electron chi connectivity index (χ1n) is 16.2. The summed E-state index contributed by atoms with van der Waals surface area (Å²) >= 11 is 0. The lowest BCUT2D eigenvalue weighted by molar-refractivity contribution is -0.172. The van der Waals surface area contributed by atoms with Crippen LogP contribution >= 0.6 is 43.2 Å². The van der Waals surface area contributed by atoms with Gasteiger partial charge >= 0.3 is 5.97 Å². The number of piperazine rings is 2. The number of nitrogens with one attached hydrogen (secondary N) is 1. The summed E-state index contributed by atoms with van der Waals surface area (Å²) in [4.78, 5) is 71.5. The standard InChI is InChI=1S/C33H29F2N5O7S4/c1-13(41)47-22-31(18-12-16(35)8-9-19(18)36-23(31)40-25(44)29(3)38(5)27(46)33(22,40)51-49-29)30-17-11-15(34)7-6-14(17)10-20(30)39-24(43)28(2)37(4)26(45)32(39,21(30)42)50-48-28/h6-9,11-12,20-23,36,42H,10H2,1-5H3/t20-,21-,22-,23+,28-,29-,30-,31+,32-,33-/m0/s1. The molecule has 4 amide bonds. The zero-order valence-electron chi connectivity index (χ0n) is 27.6. The average Bonchev–Trinajstić information content (AvgIpc) is 3.73. The normalized spacial score (nSPS) is 43.6. The Labute approximate surface area is 305 Å². The fourth-order valence-corrected chi connectivity index (χ4v) is 17.7. The molecular formula is C33H29F2N5O7S4. The van der Waals surface area contributed by atoms with Gasteiger partial charge in [0.25, 0.3) is 23.6 Å². The summed E-state index contributed by atoms with van der Waals surface area (Å²) in [7, 11) is 7.31. The molecule has 2 aromatic carbocycles. The lowest BCUT2D eigenvalue weighted by Crippen LogP contribution is -2.77. The number of likely N-dealkylation sites (N-methyl/N-ethyl adjacent to an activating group) is 2. The number of benzene rings is 2. The van der Waals surface area contributed by atoms with Crippen LogP contribution in [-0.4, -0.2) is 112 Å². The molecule has 9 aliphatic heterocycles. The second-order valence-corrected chi connectivity index (χ2v) is 20.2. The molecule has 1 aliphatic carbocycles. The number of ether oxygens (including phenoxy) is 1. The van der Waals surface area contributed by atoms with Crippen molar-refractivity contribution in [2.24, 2.45) is 0 Å². The molecular weight excluding hydrogens is 745 g/mol. The van der Waals surface area contributed by atoms with Crippen LogP contribution in [0.2, 0.25) is 0 Å². The average molecular weight is 774 g/mol. The Balaban J connectivity index is 1.40. The van der Waals surface area contributed by atoms with Gasteiger partial charge in [-0.1, -0.05) is 27.7 Å². The van der Waals surface area contributed by atoms with Crippen molar-refractivity contribution in [2.75, 3.05) is 19.4 Å². The number of aliphatic hydroxyl groups is 1. The molecule has 2 spiro atoms. The second kappa shape index (κ2) is 9.29. The maximum Gasteiger partial charge on any atom is 0.303 e. The van der Waals surface area contributed by atoms with Crippen molar-refractivity contribution in [3.05, 3.63) is 64.7 Å². The van der Waals surface area contributed by atoms with Crippen LogP contribution in [-0.2, 0) is 46.0 Å². The highest BCUT2D eigenvalue weighted by molar-refractivity contribution is 8.78. The quantitative estimate of drug-likeness (QED) is 0.342. The van der Waals surface area contributed by atoms with Crippen LogP contribution in [0.3, 0.4) is 0 Å². The highest BCUT2D eigenvalue weighted by Crippen LogP contribution is 2.79. The first-order valence-corrected chi connectivity index (χ1v) is 20.5. The zero-order chi connectivity index (χ0) is 36.2. The van der Waals surface area contributed by atoms with E-state index in [0.29, 0.717) is 11.3 Å². The van der Waals surface area contributed by atoms with Gasteiger partial charge in [0.1, 0.15) is 23.9 Å². The van der Waals surface area contributed by atoms with E-state index in [-0.39, 0.29) is 17.5 Å². The number of carbonyl (C=O) groups excluding carboxylic acids is 5. The molecule has 10 aliphatic rings.